The van der Waals surface area contributed by atoms with E-state index in [2.05, 4.69) is 12.2 Å². The predicted octanol–water partition coefficient (Wildman–Crippen LogP) is 0.926. The van der Waals surface area contributed by atoms with Crippen molar-refractivity contribution in [2.75, 3.05) is 53.5 Å². The maximum atomic E-state index is 13.0. The fourth-order valence-corrected chi connectivity index (χ4v) is 4.51. The molecule has 0 saturated carbocycles. The molecule has 0 unspecified atom stereocenters. The summed E-state index contributed by atoms with van der Waals surface area (Å²) < 4.78 is 37.9. The van der Waals surface area contributed by atoms with Crippen LogP contribution >= 0.6 is 0 Å². The minimum Gasteiger partial charge on any atom is -0.497 e. The van der Waals surface area contributed by atoms with Gasteiger partial charge in [-0.25, -0.2) is 8.42 Å². The average molecular weight is 400 g/mol. The lowest BCUT2D eigenvalue weighted by Crippen LogP contribution is -2.51. The first-order chi connectivity index (χ1) is 12.9. The zero-order chi connectivity index (χ0) is 19.9. The number of unbranched alkanes of at least 4 members (excludes halogenated alkanes) is 1. The Bertz CT molecular complexity index is 731. The van der Waals surface area contributed by atoms with Crippen molar-refractivity contribution in [1.29, 1.82) is 0 Å². The van der Waals surface area contributed by atoms with Crippen molar-refractivity contribution >= 4 is 15.9 Å². The lowest BCUT2D eigenvalue weighted by molar-refractivity contribution is -0.122. The largest absolute Gasteiger partial charge is 0.497 e. The van der Waals surface area contributed by atoms with E-state index < -0.39 is 10.0 Å². The van der Waals surface area contributed by atoms with Gasteiger partial charge in [0, 0.05) is 38.8 Å². The van der Waals surface area contributed by atoms with Crippen LogP contribution in [0.2, 0.25) is 0 Å². The molecule has 9 heteroatoms. The molecule has 152 valence electrons. The van der Waals surface area contributed by atoms with Crippen LogP contribution in [0.1, 0.15) is 19.8 Å². The molecule has 1 saturated heterocycles. The van der Waals surface area contributed by atoms with Gasteiger partial charge in [-0.3, -0.25) is 9.69 Å². The van der Waals surface area contributed by atoms with Crippen molar-refractivity contribution in [1.82, 2.24) is 14.5 Å². The van der Waals surface area contributed by atoms with Crippen molar-refractivity contribution in [3.8, 4) is 11.5 Å². The first kappa shape index (κ1) is 21.5. The van der Waals surface area contributed by atoms with Gasteiger partial charge < -0.3 is 14.8 Å². The van der Waals surface area contributed by atoms with Gasteiger partial charge in [-0.2, -0.15) is 4.31 Å². The van der Waals surface area contributed by atoms with Gasteiger partial charge in [0.25, 0.3) is 0 Å². The number of nitrogens with one attached hydrogen (secondary N) is 1. The summed E-state index contributed by atoms with van der Waals surface area (Å²) >= 11 is 0. The van der Waals surface area contributed by atoms with Crippen molar-refractivity contribution in [3.63, 3.8) is 0 Å². The fourth-order valence-electron chi connectivity index (χ4n) is 2.92. The highest BCUT2D eigenvalue weighted by molar-refractivity contribution is 7.89. The monoisotopic (exact) mass is 399 g/mol. The van der Waals surface area contributed by atoms with E-state index in [0.717, 1.165) is 12.8 Å². The van der Waals surface area contributed by atoms with Crippen molar-refractivity contribution < 1.29 is 22.7 Å². The normalized spacial score (nSPS) is 16.1. The van der Waals surface area contributed by atoms with E-state index in [1.54, 1.807) is 12.1 Å². The quantitative estimate of drug-likeness (QED) is 0.622. The average Bonchev–Trinajstić information content (AvgIpc) is 2.68. The summed E-state index contributed by atoms with van der Waals surface area (Å²) in [7, 11) is -0.777. The third-order valence-electron chi connectivity index (χ3n) is 4.54. The summed E-state index contributed by atoms with van der Waals surface area (Å²) in [6, 6.07) is 4.72. The van der Waals surface area contributed by atoms with E-state index in [9.17, 15) is 13.2 Å². The maximum absolute atomic E-state index is 13.0. The molecular weight excluding hydrogens is 370 g/mol. The molecule has 2 rings (SSSR count). The first-order valence-corrected chi connectivity index (χ1v) is 10.6. The molecule has 1 aromatic rings. The molecule has 0 aromatic heterocycles. The molecule has 1 aliphatic rings. The van der Waals surface area contributed by atoms with Crippen LogP contribution in [-0.2, 0) is 14.8 Å². The van der Waals surface area contributed by atoms with Gasteiger partial charge in [-0.15, -0.1) is 0 Å². The summed E-state index contributed by atoms with van der Waals surface area (Å²) in [5.74, 6) is 0.722. The van der Waals surface area contributed by atoms with Crippen molar-refractivity contribution in [2.45, 2.75) is 24.7 Å². The summed E-state index contributed by atoms with van der Waals surface area (Å²) in [5.41, 5.74) is 0. The Morgan fingerprint density at radius 2 is 1.85 bits per heavy atom. The minimum atomic E-state index is -3.71. The van der Waals surface area contributed by atoms with Gasteiger partial charge in [0.1, 0.15) is 16.4 Å². The number of benzene rings is 1. The summed E-state index contributed by atoms with van der Waals surface area (Å²) in [4.78, 5) is 14.0. The summed E-state index contributed by atoms with van der Waals surface area (Å²) in [6.07, 6.45) is 1.99. The van der Waals surface area contributed by atoms with Crippen LogP contribution in [0.5, 0.6) is 11.5 Å². The van der Waals surface area contributed by atoms with Crippen LogP contribution in [-0.4, -0.2) is 77.0 Å². The second kappa shape index (κ2) is 9.91. The van der Waals surface area contributed by atoms with Gasteiger partial charge in [0.15, 0.2) is 0 Å². The number of ether oxygens (including phenoxy) is 2. The molecule has 0 bridgehead atoms. The summed E-state index contributed by atoms with van der Waals surface area (Å²) in [6.45, 7) is 4.71. The number of carbonyl (C=O) groups excluding carboxylic acids is 1. The molecule has 1 fully saturated rings. The van der Waals surface area contributed by atoms with E-state index in [1.165, 1.54) is 24.6 Å². The molecule has 0 spiro atoms. The zero-order valence-electron chi connectivity index (χ0n) is 16.2. The molecular formula is C18H29N3O5S. The van der Waals surface area contributed by atoms with Gasteiger partial charge in [0.2, 0.25) is 15.9 Å². The van der Waals surface area contributed by atoms with Crippen LogP contribution in [0.15, 0.2) is 23.1 Å². The molecule has 1 heterocycles. The number of sulfonamides is 1. The topological polar surface area (TPSA) is 88.2 Å². The maximum Gasteiger partial charge on any atom is 0.246 e. The third kappa shape index (κ3) is 5.57. The Balaban J connectivity index is 1.99. The van der Waals surface area contributed by atoms with Crippen LogP contribution in [0, 0.1) is 0 Å². The van der Waals surface area contributed by atoms with Gasteiger partial charge in [0.05, 0.1) is 20.8 Å². The molecule has 1 N–H and O–H groups in total. The Morgan fingerprint density at radius 1 is 1.15 bits per heavy atom. The van der Waals surface area contributed by atoms with E-state index >= 15 is 0 Å². The van der Waals surface area contributed by atoms with Gasteiger partial charge >= 0.3 is 0 Å². The highest BCUT2D eigenvalue weighted by atomic mass is 32.2. The molecule has 8 nitrogen and oxygen atoms in total. The summed E-state index contributed by atoms with van der Waals surface area (Å²) in [5, 5.41) is 2.88. The van der Waals surface area contributed by atoms with E-state index in [-0.39, 0.29) is 16.6 Å². The predicted molar refractivity (Wildman–Crippen MR) is 103 cm³/mol. The molecule has 1 aromatic carbocycles. The minimum absolute atomic E-state index is 0.0192. The Labute approximate surface area is 161 Å². The number of nitrogens with zero attached hydrogens (tertiary/aromatic N) is 2. The SMILES string of the molecule is CCCCNC(=O)CN1CCN(S(=O)(=O)c2cc(OC)ccc2OC)CC1. The van der Waals surface area contributed by atoms with Gasteiger partial charge in [-0.05, 0) is 18.6 Å². The van der Waals surface area contributed by atoms with E-state index in [1.807, 2.05) is 4.90 Å². The number of hydrogen-bond donors (Lipinski definition) is 1. The number of rotatable bonds is 9. The Hall–Kier alpha value is -1.84. The number of piperazine rings is 1. The highest BCUT2D eigenvalue weighted by Gasteiger charge is 2.31. The second-order valence-electron chi connectivity index (χ2n) is 6.40. The van der Waals surface area contributed by atoms with Crippen molar-refractivity contribution in [3.05, 3.63) is 18.2 Å². The lowest BCUT2D eigenvalue weighted by Gasteiger charge is -2.33. The molecule has 1 aliphatic heterocycles. The number of carbonyl (C=O) groups is 1. The molecule has 0 aliphatic carbocycles. The van der Waals surface area contributed by atoms with Gasteiger partial charge in [-0.1, -0.05) is 13.3 Å². The standard InChI is InChI=1S/C18H29N3O5S/c1-4-5-8-19-18(22)14-20-9-11-21(12-10-20)27(23,24)17-13-15(25-2)6-7-16(17)26-3/h6-7,13H,4-5,8-12,14H2,1-3H3,(H,19,22). The second-order valence-corrected chi connectivity index (χ2v) is 8.31. The smallest absolute Gasteiger partial charge is 0.246 e. The molecule has 27 heavy (non-hydrogen) atoms. The van der Waals surface area contributed by atoms with Crippen LogP contribution in [0.25, 0.3) is 0 Å². The fraction of sp³-hybridized carbons (Fsp3) is 0.611. The third-order valence-corrected chi connectivity index (χ3v) is 6.46. The molecule has 1 amide bonds. The first-order valence-electron chi connectivity index (χ1n) is 9.13. The number of amides is 1. The molecule has 0 atom stereocenters. The zero-order valence-corrected chi connectivity index (χ0v) is 17.0. The van der Waals surface area contributed by atoms with Crippen molar-refractivity contribution in [2.24, 2.45) is 0 Å². The lowest BCUT2D eigenvalue weighted by atomic mass is 10.3. The van der Waals surface area contributed by atoms with Crippen LogP contribution in [0.3, 0.4) is 0 Å². The highest BCUT2D eigenvalue weighted by Crippen LogP contribution is 2.31. The number of hydrogen-bond acceptors (Lipinski definition) is 6. The molecule has 0 radical (unpaired) electrons. The Kier molecular flexibility index (Phi) is 7.88. The van der Waals surface area contributed by atoms with Crippen LogP contribution in [0.4, 0.5) is 0 Å². The Morgan fingerprint density at radius 3 is 2.44 bits per heavy atom. The van der Waals surface area contributed by atoms with E-state index in [4.69, 9.17) is 9.47 Å². The van der Waals surface area contributed by atoms with E-state index in [0.29, 0.717) is 45.0 Å². The number of methoxy groups -OCH3 is 2. The van der Waals surface area contributed by atoms with Crippen LogP contribution < -0.4 is 14.8 Å².